The Balaban J connectivity index is 2.05. The summed E-state index contributed by atoms with van der Waals surface area (Å²) in [6.45, 7) is 0.566. The molecule has 0 amide bonds. The number of hydrogen-bond donors (Lipinski definition) is 3. The molecule has 0 saturated heterocycles. The molecule has 19 heavy (non-hydrogen) atoms. The lowest BCUT2D eigenvalue weighted by atomic mass is 10.3. The Morgan fingerprint density at radius 3 is 2.63 bits per heavy atom. The first-order valence-electron chi connectivity index (χ1n) is 6.03. The molecule has 0 unspecified atom stereocenters. The first-order valence-corrected chi connectivity index (χ1v) is 6.03. The second-order valence-electron chi connectivity index (χ2n) is 3.93. The number of nitrogens with one attached hydrogen (secondary N) is 2. The number of rotatable bonds is 6. The van der Waals surface area contributed by atoms with Crippen LogP contribution in [0.5, 0.6) is 5.75 Å². The topological polar surface area (TPSA) is 66.4 Å². The third-order valence-electron chi connectivity index (χ3n) is 2.56. The largest absolute Gasteiger partial charge is 0.497 e. The number of methoxy groups -OCH3 is 1. The second-order valence-corrected chi connectivity index (χ2v) is 3.93. The number of hydrogen-bond acceptors (Lipinski definition) is 5. The summed E-state index contributed by atoms with van der Waals surface area (Å²) in [5.41, 5.74) is 1.90. The van der Waals surface area contributed by atoms with Crippen molar-refractivity contribution in [2.24, 2.45) is 0 Å². The number of nitrogens with zero attached hydrogens (tertiary/aromatic N) is 1. The molecule has 0 spiro atoms. The minimum Gasteiger partial charge on any atom is -0.497 e. The molecule has 0 aliphatic heterocycles. The van der Waals surface area contributed by atoms with Crippen molar-refractivity contribution in [3.8, 4) is 5.75 Å². The van der Waals surface area contributed by atoms with E-state index in [9.17, 15) is 0 Å². The Hall–Kier alpha value is -2.27. The van der Waals surface area contributed by atoms with Gasteiger partial charge < -0.3 is 20.5 Å². The number of ether oxygens (including phenoxy) is 1. The van der Waals surface area contributed by atoms with Crippen LogP contribution < -0.4 is 15.4 Å². The van der Waals surface area contributed by atoms with E-state index in [1.807, 2.05) is 36.4 Å². The molecule has 0 saturated carbocycles. The standard InChI is InChI=1S/C14H17N3O2/c1-19-13-4-2-11(3-5-13)17-12-6-7-15-14(10-12)16-8-9-18/h2-7,10,18H,8-9H2,1H3,(H2,15,16,17). The van der Waals surface area contributed by atoms with Crippen molar-refractivity contribution >= 4 is 17.2 Å². The van der Waals surface area contributed by atoms with Gasteiger partial charge in [0.15, 0.2) is 0 Å². The number of pyridine rings is 1. The minimum atomic E-state index is 0.0812. The van der Waals surface area contributed by atoms with Gasteiger partial charge in [0, 0.05) is 30.2 Å². The van der Waals surface area contributed by atoms with E-state index in [4.69, 9.17) is 9.84 Å². The molecule has 0 aliphatic rings. The zero-order valence-electron chi connectivity index (χ0n) is 10.8. The van der Waals surface area contributed by atoms with Crippen LogP contribution >= 0.6 is 0 Å². The Morgan fingerprint density at radius 2 is 1.95 bits per heavy atom. The van der Waals surface area contributed by atoms with Gasteiger partial charge in [-0.25, -0.2) is 4.98 Å². The fourth-order valence-electron chi connectivity index (χ4n) is 1.63. The average molecular weight is 259 g/mol. The number of anilines is 3. The number of aliphatic hydroxyl groups is 1. The van der Waals surface area contributed by atoms with Crippen molar-refractivity contribution in [2.75, 3.05) is 30.9 Å². The Labute approximate surface area is 112 Å². The Kier molecular flexibility index (Phi) is 4.58. The summed E-state index contributed by atoms with van der Waals surface area (Å²) < 4.78 is 5.11. The highest BCUT2D eigenvalue weighted by molar-refractivity contribution is 5.62. The van der Waals surface area contributed by atoms with Crippen molar-refractivity contribution in [1.29, 1.82) is 0 Å². The zero-order chi connectivity index (χ0) is 13.5. The van der Waals surface area contributed by atoms with Gasteiger partial charge >= 0.3 is 0 Å². The molecule has 0 aliphatic carbocycles. The molecule has 1 aromatic carbocycles. The van der Waals surface area contributed by atoms with Crippen LogP contribution in [0.4, 0.5) is 17.2 Å². The van der Waals surface area contributed by atoms with Crippen molar-refractivity contribution in [3.63, 3.8) is 0 Å². The molecule has 100 valence electrons. The van der Waals surface area contributed by atoms with Crippen LogP contribution in [-0.2, 0) is 0 Å². The van der Waals surface area contributed by atoms with Gasteiger partial charge in [-0.15, -0.1) is 0 Å². The molecule has 0 atom stereocenters. The molecule has 1 aromatic heterocycles. The lowest BCUT2D eigenvalue weighted by Crippen LogP contribution is -2.06. The van der Waals surface area contributed by atoms with E-state index in [2.05, 4.69) is 15.6 Å². The summed E-state index contributed by atoms with van der Waals surface area (Å²) in [6.07, 6.45) is 1.71. The van der Waals surface area contributed by atoms with Gasteiger partial charge in [-0.1, -0.05) is 0 Å². The molecule has 5 heteroatoms. The third kappa shape index (κ3) is 3.86. The molecular formula is C14H17N3O2. The molecule has 0 fully saturated rings. The quantitative estimate of drug-likeness (QED) is 0.742. The van der Waals surface area contributed by atoms with Crippen LogP contribution in [0.2, 0.25) is 0 Å². The maximum atomic E-state index is 8.76. The van der Waals surface area contributed by atoms with Crippen molar-refractivity contribution in [1.82, 2.24) is 4.98 Å². The highest BCUT2D eigenvalue weighted by Crippen LogP contribution is 2.20. The lowest BCUT2D eigenvalue weighted by Gasteiger charge is -2.09. The summed E-state index contributed by atoms with van der Waals surface area (Å²) in [5.74, 6) is 1.55. The van der Waals surface area contributed by atoms with Crippen molar-refractivity contribution in [3.05, 3.63) is 42.6 Å². The van der Waals surface area contributed by atoms with Gasteiger partial charge in [0.25, 0.3) is 0 Å². The van der Waals surface area contributed by atoms with Gasteiger partial charge in [0.2, 0.25) is 0 Å². The smallest absolute Gasteiger partial charge is 0.128 e. The van der Waals surface area contributed by atoms with Crippen LogP contribution in [-0.4, -0.2) is 30.4 Å². The van der Waals surface area contributed by atoms with E-state index in [1.165, 1.54) is 0 Å². The van der Waals surface area contributed by atoms with Gasteiger partial charge in [0.05, 0.1) is 13.7 Å². The van der Waals surface area contributed by atoms with Gasteiger partial charge in [-0.05, 0) is 30.3 Å². The average Bonchev–Trinajstić information content (AvgIpc) is 2.46. The van der Waals surface area contributed by atoms with Crippen LogP contribution in [0.3, 0.4) is 0 Å². The van der Waals surface area contributed by atoms with Gasteiger partial charge in [0.1, 0.15) is 11.6 Å². The summed E-state index contributed by atoms with van der Waals surface area (Å²) in [6, 6.07) is 11.5. The highest BCUT2D eigenvalue weighted by Gasteiger charge is 1.98. The monoisotopic (exact) mass is 259 g/mol. The summed E-state index contributed by atoms with van der Waals surface area (Å²) in [4.78, 5) is 4.16. The van der Waals surface area contributed by atoms with E-state index in [0.717, 1.165) is 22.9 Å². The summed E-state index contributed by atoms with van der Waals surface area (Å²) >= 11 is 0. The molecule has 2 aromatic rings. The second kappa shape index (κ2) is 6.61. The van der Waals surface area contributed by atoms with E-state index in [1.54, 1.807) is 13.3 Å². The van der Waals surface area contributed by atoms with E-state index >= 15 is 0 Å². The maximum absolute atomic E-state index is 8.76. The lowest BCUT2D eigenvalue weighted by molar-refractivity contribution is 0.311. The van der Waals surface area contributed by atoms with Crippen LogP contribution in [0.1, 0.15) is 0 Å². The predicted octanol–water partition coefficient (Wildman–Crippen LogP) is 2.24. The molecule has 1 heterocycles. The number of benzene rings is 1. The van der Waals surface area contributed by atoms with Gasteiger partial charge in [-0.2, -0.15) is 0 Å². The minimum absolute atomic E-state index is 0.0812. The molecule has 0 radical (unpaired) electrons. The SMILES string of the molecule is COc1ccc(Nc2ccnc(NCCO)c2)cc1. The first kappa shape index (κ1) is 13.2. The zero-order valence-corrected chi connectivity index (χ0v) is 10.8. The fourth-order valence-corrected chi connectivity index (χ4v) is 1.63. The van der Waals surface area contributed by atoms with E-state index < -0.39 is 0 Å². The normalized spacial score (nSPS) is 10.0. The third-order valence-corrected chi connectivity index (χ3v) is 2.56. The summed E-state index contributed by atoms with van der Waals surface area (Å²) in [5, 5.41) is 15.1. The van der Waals surface area contributed by atoms with E-state index in [-0.39, 0.29) is 6.61 Å². The van der Waals surface area contributed by atoms with Crippen LogP contribution in [0.15, 0.2) is 42.6 Å². The van der Waals surface area contributed by atoms with Crippen LogP contribution in [0.25, 0.3) is 0 Å². The molecule has 5 nitrogen and oxygen atoms in total. The first-order chi connectivity index (χ1) is 9.31. The molecule has 0 bridgehead atoms. The molecular weight excluding hydrogens is 242 g/mol. The number of aromatic nitrogens is 1. The maximum Gasteiger partial charge on any atom is 0.128 e. The van der Waals surface area contributed by atoms with Crippen LogP contribution in [0, 0.1) is 0 Å². The van der Waals surface area contributed by atoms with Crippen molar-refractivity contribution in [2.45, 2.75) is 0 Å². The fraction of sp³-hybridized carbons (Fsp3) is 0.214. The summed E-state index contributed by atoms with van der Waals surface area (Å²) in [7, 11) is 1.64. The Morgan fingerprint density at radius 1 is 1.16 bits per heavy atom. The molecule has 2 rings (SSSR count). The predicted molar refractivity (Wildman–Crippen MR) is 76.1 cm³/mol. The Bertz CT molecular complexity index is 514. The van der Waals surface area contributed by atoms with Gasteiger partial charge in [-0.3, -0.25) is 0 Å². The molecule has 3 N–H and O–H groups in total. The van der Waals surface area contributed by atoms with Crippen molar-refractivity contribution < 1.29 is 9.84 Å². The highest BCUT2D eigenvalue weighted by atomic mass is 16.5. The van der Waals surface area contributed by atoms with E-state index in [0.29, 0.717) is 6.54 Å². The number of aliphatic hydroxyl groups excluding tert-OH is 1.